The Hall–Kier alpha value is -3.14. The molecule has 5 rings (SSSR count). The number of aliphatic hydroxyl groups is 4. The summed E-state index contributed by atoms with van der Waals surface area (Å²) in [6, 6.07) is 5.64. The third-order valence-electron chi connectivity index (χ3n) is 12.6. The summed E-state index contributed by atoms with van der Waals surface area (Å²) in [5.74, 6) is -0.877. The molecule has 4 aliphatic rings. The number of carbonyl (C=O) groups excluding carboxylic acids is 2. The van der Waals surface area contributed by atoms with Gasteiger partial charge in [-0.3, -0.25) is 9.59 Å². The molecule has 8 heteroatoms. The third-order valence-corrected chi connectivity index (χ3v) is 12.6. The molecular formula is C43H60N2O6. The largest absolute Gasteiger partial charge is 0.396 e. The van der Waals surface area contributed by atoms with Gasteiger partial charge in [0.2, 0.25) is 5.91 Å². The van der Waals surface area contributed by atoms with Gasteiger partial charge in [0, 0.05) is 24.4 Å². The molecule has 0 bridgehead atoms. The predicted octanol–water partition coefficient (Wildman–Crippen LogP) is 5.99. The fourth-order valence-electron chi connectivity index (χ4n) is 9.91. The summed E-state index contributed by atoms with van der Waals surface area (Å²) in [6.07, 6.45) is 12.5. The minimum absolute atomic E-state index is 0.0391. The van der Waals surface area contributed by atoms with Crippen LogP contribution in [-0.4, -0.2) is 56.5 Å². The first kappa shape index (κ1) is 39.1. The minimum atomic E-state index is -1.24. The number of benzene rings is 1. The molecule has 8 nitrogen and oxygen atoms in total. The van der Waals surface area contributed by atoms with Gasteiger partial charge < -0.3 is 31.5 Å². The summed E-state index contributed by atoms with van der Waals surface area (Å²) in [5.41, 5.74) is 11.0. The fourth-order valence-corrected chi connectivity index (χ4v) is 9.91. The number of nitrogens with one attached hydrogen (secondary N) is 1. The highest BCUT2D eigenvalue weighted by Gasteiger charge is 2.67. The van der Waals surface area contributed by atoms with Crippen molar-refractivity contribution in [3.05, 3.63) is 93.6 Å². The quantitative estimate of drug-likeness (QED) is 0.0942. The molecule has 7 N–H and O–H groups in total. The molecular weight excluding hydrogens is 640 g/mol. The highest BCUT2D eigenvalue weighted by Crippen LogP contribution is 2.66. The zero-order valence-corrected chi connectivity index (χ0v) is 31.1. The number of rotatable bonds is 11. The average Bonchev–Trinajstić information content (AvgIpc) is 3.26. The predicted molar refractivity (Wildman–Crippen MR) is 201 cm³/mol. The Balaban J connectivity index is 1.50. The monoisotopic (exact) mass is 700 g/mol. The van der Waals surface area contributed by atoms with Crippen molar-refractivity contribution in [3.63, 3.8) is 0 Å². The molecule has 3 aliphatic carbocycles. The van der Waals surface area contributed by atoms with Gasteiger partial charge in [0.25, 0.3) is 0 Å². The Morgan fingerprint density at radius 1 is 1.18 bits per heavy atom. The smallest absolute Gasteiger partial charge is 0.225 e. The van der Waals surface area contributed by atoms with Crippen LogP contribution < -0.4 is 11.1 Å². The van der Waals surface area contributed by atoms with Gasteiger partial charge in [0.15, 0.2) is 5.78 Å². The van der Waals surface area contributed by atoms with E-state index in [4.69, 9.17) is 5.73 Å². The van der Waals surface area contributed by atoms with Crippen LogP contribution in [0, 0.1) is 23.2 Å². The normalized spacial score (nSPS) is 33.8. The number of hydrogen-bond acceptors (Lipinski definition) is 7. The first-order valence-corrected chi connectivity index (χ1v) is 19.0. The SMILES string of the molecule is C=C(C=CC=C1C(O)CCCC2CC3(C(CCCO)C(=C(C)C(=O)Cc4cccc5c4CC(=O)NC5N)CCC3(C)O)C(O)C12)CCC=C(C)C. The van der Waals surface area contributed by atoms with E-state index in [9.17, 15) is 30.0 Å². The van der Waals surface area contributed by atoms with E-state index in [1.165, 1.54) is 5.57 Å². The van der Waals surface area contributed by atoms with E-state index in [2.05, 4.69) is 31.8 Å². The number of ketones is 1. The lowest BCUT2D eigenvalue weighted by atomic mass is 9.52. The zero-order valence-electron chi connectivity index (χ0n) is 31.1. The highest BCUT2D eigenvalue weighted by molar-refractivity contribution is 5.97. The minimum Gasteiger partial charge on any atom is -0.396 e. The molecule has 1 aromatic carbocycles. The Morgan fingerprint density at radius 3 is 2.67 bits per heavy atom. The fraction of sp³-hybridized carbons (Fsp3) is 0.581. The van der Waals surface area contributed by atoms with Crippen LogP contribution in [0.1, 0.15) is 115 Å². The summed E-state index contributed by atoms with van der Waals surface area (Å²) in [7, 11) is 0. The first-order valence-electron chi connectivity index (χ1n) is 19.0. The van der Waals surface area contributed by atoms with Gasteiger partial charge in [-0.05, 0) is 125 Å². The van der Waals surface area contributed by atoms with Crippen molar-refractivity contribution in [2.75, 3.05) is 6.61 Å². The van der Waals surface area contributed by atoms with Crippen LogP contribution in [0.5, 0.6) is 0 Å². The Morgan fingerprint density at radius 2 is 1.94 bits per heavy atom. The Kier molecular flexibility index (Phi) is 12.5. The number of amides is 1. The van der Waals surface area contributed by atoms with Crippen LogP contribution in [0.2, 0.25) is 0 Å². The van der Waals surface area contributed by atoms with Crippen LogP contribution in [-0.2, 0) is 22.4 Å². The van der Waals surface area contributed by atoms with E-state index in [0.717, 1.165) is 59.1 Å². The highest BCUT2D eigenvalue weighted by atomic mass is 16.3. The molecule has 1 aromatic rings. The van der Waals surface area contributed by atoms with Crippen molar-refractivity contribution in [1.29, 1.82) is 0 Å². The molecule has 1 aliphatic heterocycles. The standard InChI is InChI=1S/C43H60N2O6/c1-26(2)11-6-12-27(3)13-7-17-33-36(47)19-9-15-30-25-43(40(50)39(30)33)35(18-10-22-46)31(20-21-42(43,5)51)28(4)37(48)23-29-14-8-16-32-34(29)24-38(49)45-41(32)44/h7-8,11,13-14,16-17,30,35-36,39-41,46-47,50-51H,3,6,9-10,12,15,18-25,44H2,1-2,4-5H3,(H,45,49). The van der Waals surface area contributed by atoms with Crippen molar-refractivity contribution in [2.24, 2.45) is 28.9 Å². The van der Waals surface area contributed by atoms with E-state index >= 15 is 0 Å². The molecule has 1 spiro atoms. The van der Waals surface area contributed by atoms with Crippen LogP contribution in [0.4, 0.5) is 0 Å². The molecule has 0 radical (unpaired) electrons. The second kappa shape index (κ2) is 16.3. The summed E-state index contributed by atoms with van der Waals surface area (Å²) >= 11 is 0. The molecule has 1 amide bonds. The second-order valence-electron chi connectivity index (χ2n) is 16.1. The summed E-state index contributed by atoms with van der Waals surface area (Å²) in [4.78, 5) is 26.5. The van der Waals surface area contributed by atoms with Gasteiger partial charge in [-0.2, -0.15) is 0 Å². The van der Waals surface area contributed by atoms with Gasteiger partial charge in [-0.1, -0.05) is 72.2 Å². The van der Waals surface area contributed by atoms with Gasteiger partial charge in [-0.25, -0.2) is 0 Å². The number of carbonyl (C=O) groups is 2. The summed E-state index contributed by atoms with van der Waals surface area (Å²) in [5, 5.41) is 49.3. The van der Waals surface area contributed by atoms with Crippen LogP contribution in [0.15, 0.2) is 76.9 Å². The van der Waals surface area contributed by atoms with Gasteiger partial charge in [-0.15, -0.1) is 0 Å². The van der Waals surface area contributed by atoms with Gasteiger partial charge >= 0.3 is 0 Å². The van der Waals surface area contributed by atoms with Crippen molar-refractivity contribution >= 4 is 11.7 Å². The lowest BCUT2D eigenvalue weighted by Crippen LogP contribution is -2.59. The molecule has 278 valence electrons. The molecule has 1 heterocycles. The number of allylic oxidation sites excluding steroid dienone is 8. The van der Waals surface area contributed by atoms with Crippen LogP contribution >= 0.6 is 0 Å². The van der Waals surface area contributed by atoms with E-state index in [1.54, 1.807) is 0 Å². The number of Topliss-reactive ketones (excluding diaryl/α,β-unsaturated/α-hetero) is 1. The maximum absolute atomic E-state index is 14.2. The van der Waals surface area contributed by atoms with Crippen molar-refractivity contribution in [2.45, 2.75) is 129 Å². The second-order valence-corrected chi connectivity index (χ2v) is 16.1. The van der Waals surface area contributed by atoms with Gasteiger partial charge in [0.05, 0.1) is 24.2 Å². The summed E-state index contributed by atoms with van der Waals surface area (Å²) in [6.45, 7) is 12.0. The topological polar surface area (TPSA) is 153 Å². The number of hydrogen-bond donors (Lipinski definition) is 6. The van der Waals surface area contributed by atoms with Crippen molar-refractivity contribution in [3.8, 4) is 0 Å². The van der Waals surface area contributed by atoms with E-state index in [1.807, 2.05) is 50.3 Å². The first-order chi connectivity index (χ1) is 24.2. The zero-order chi connectivity index (χ0) is 37.1. The number of fused-ring (bicyclic) bond motifs is 2. The van der Waals surface area contributed by atoms with Crippen molar-refractivity contribution in [1.82, 2.24) is 5.32 Å². The van der Waals surface area contributed by atoms with Crippen molar-refractivity contribution < 1.29 is 30.0 Å². The average molecular weight is 701 g/mol. The third kappa shape index (κ3) is 7.96. The molecule has 8 atom stereocenters. The lowest BCUT2D eigenvalue weighted by Gasteiger charge is -2.56. The van der Waals surface area contributed by atoms with E-state index < -0.39 is 29.4 Å². The molecule has 3 saturated carbocycles. The number of aliphatic hydroxyl groups excluding tert-OH is 3. The Bertz CT molecular complexity index is 1610. The number of nitrogens with two attached hydrogens (primary N) is 1. The van der Waals surface area contributed by atoms with E-state index in [0.29, 0.717) is 44.1 Å². The summed E-state index contributed by atoms with van der Waals surface area (Å²) < 4.78 is 0. The Labute approximate surface area is 304 Å². The molecule has 0 saturated heterocycles. The molecule has 51 heavy (non-hydrogen) atoms. The molecule has 3 fully saturated rings. The lowest BCUT2D eigenvalue weighted by molar-refractivity contribution is -0.168. The van der Waals surface area contributed by atoms with Gasteiger partial charge in [0.1, 0.15) is 6.17 Å². The maximum Gasteiger partial charge on any atom is 0.225 e. The van der Waals surface area contributed by atoms with Crippen LogP contribution in [0.3, 0.4) is 0 Å². The molecule has 0 aromatic heterocycles. The molecule has 8 unspecified atom stereocenters. The van der Waals surface area contributed by atoms with E-state index in [-0.39, 0.29) is 48.9 Å². The van der Waals surface area contributed by atoms with Crippen LogP contribution in [0.25, 0.3) is 0 Å². The maximum atomic E-state index is 14.2.